The molecule has 12 amide bonds. The lowest BCUT2D eigenvalue weighted by Gasteiger charge is -2.30. The van der Waals surface area contributed by atoms with Crippen molar-refractivity contribution in [2.24, 2.45) is 17.4 Å². The van der Waals surface area contributed by atoms with Crippen LogP contribution in [0.2, 0.25) is 0 Å². The van der Waals surface area contributed by atoms with Crippen LogP contribution < -0.4 is 75.5 Å². The Morgan fingerprint density at radius 3 is 1.91 bits per heavy atom. The molecule has 0 aliphatic carbocycles. The fourth-order valence-electron chi connectivity index (χ4n) is 8.82. The molecular weight excluding hydrogens is 1140 g/mol. The largest absolute Gasteiger partial charge is 0.508 e. The lowest BCUT2D eigenvalue weighted by Crippen LogP contribution is -2.64. The molecule has 0 radical (unpaired) electrons. The van der Waals surface area contributed by atoms with E-state index in [1.807, 2.05) is 18.2 Å². The molecule has 20 N–H and O–H groups in total. The third-order valence-corrected chi connectivity index (χ3v) is 13.4. The first-order chi connectivity index (χ1) is 41.0. The Morgan fingerprint density at radius 1 is 0.667 bits per heavy atom. The molecule has 30 heteroatoms. The first-order valence-corrected chi connectivity index (χ1v) is 27.8. The van der Waals surface area contributed by atoms with Crippen LogP contribution in [0, 0.1) is 17.1 Å². The van der Waals surface area contributed by atoms with E-state index in [1.54, 1.807) is 26.1 Å². The predicted octanol–water partition coefficient (Wildman–Crippen LogP) is -2.13. The van der Waals surface area contributed by atoms with Crippen molar-refractivity contribution < 1.29 is 67.3 Å². The monoisotopic (exact) mass is 1210 g/mol. The minimum absolute atomic E-state index is 0.00107. The van der Waals surface area contributed by atoms with E-state index in [1.165, 1.54) is 64.2 Å². The molecule has 0 fully saturated rings. The number of primary amides is 2. The van der Waals surface area contributed by atoms with E-state index in [2.05, 4.69) is 69.0 Å². The van der Waals surface area contributed by atoms with Gasteiger partial charge in [0, 0.05) is 56.9 Å². The Balaban J connectivity index is 1.49. The zero-order valence-electron chi connectivity index (χ0n) is 49.3. The number of hydrazine groups is 1. The van der Waals surface area contributed by atoms with Gasteiger partial charge in [0.05, 0.1) is 12.5 Å². The number of fused-ring (bicyclic) bond motifs is 1. The van der Waals surface area contributed by atoms with Crippen molar-refractivity contribution in [1.29, 1.82) is 5.41 Å². The predicted molar refractivity (Wildman–Crippen MR) is 315 cm³/mol. The molecule has 87 heavy (non-hydrogen) atoms. The molecule has 0 unspecified atom stereocenters. The van der Waals surface area contributed by atoms with E-state index >= 15 is 0 Å². The summed E-state index contributed by atoms with van der Waals surface area (Å²) in [6.07, 6.45) is -1.29. The number of carbonyl (C=O) groups excluding carboxylic acids is 11. The Morgan fingerprint density at radius 2 is 1.29 bits per heavy atom. The summed E-state index contributed by atoms with van der Waals surface area (Å²) in [6, 6.07) is 6.13. The van der Waals surface area contributed by atoms with Crippen molar-refractivity contribution >= 4 is 82.0 Å². The molecule has 1 aromatic heterocycles. The number of hydrogen-bond donors (Lipinski definition) is 18. The molecule has 4 rings (SSSR count). The van der Waals surface area contributed by atoms with Crippen LogP contribution in [0.25, 0.3) is 10.9 Å². The number of phenols is 1. The highest BCUT2D eigenvalue weighted by Crippen LogP contribution is 2.20. The number of hydrogen-bond acceptors (Lipinski definition) is 14. The Kier molecular flexibility index (Phi) is 26.4. The molecule has 0 bridgehead atoms. The number of nitrogens with two attached hydrogens (primary N) is 2. The number of H-pyrrole nitrogens is 1. The molecular formula is C57H79FN16O13. The molecule has 3 aromatic carbocycles. The number of benzene rings is 3. The number of aliphatic hydroxyl groups is 1. The molecule has 29 nitrogen and oxygen atoms in total. The van der Waals surface area contributed by atoms with Crippen LogP contribution in [0.3, 0.4) is 0 Å². The molecule has 0 aliphatic heterocycles. The average Bonchev–Trinajstić information content (AvgIpc) is 2.62. The quantitative estimate of drug-likeness (QED) is 0.0111. The van der Waals surface area contributed by atoms with E-state index < -0.39 is 138 Å². The maximum Gasteiger partial charge on any atom is 0.334 e. The zero-order valence-corrected chi connectivity index (χ0v) is 49.3. The number of halogens is 1. The number of aliphatic hydroxyl groups excluding tert-OH is 1. The van der Waals surface area contributed by atoms with E-state index in [9.17, 15) is 67.3 Å². The fraction of sp³-hybridized carbons (Fsp3) is 0.439. The number of para-hydroxylation sites is 1. The second-order valence-electron chi connectivity index (χ2n) is 21.6. The van der Waals surface area contributed by atoms with Gasteiger partial charge < -0.3 is 79.8 Å². The third-order valence-electron chi connectivity index (χ3n) is 13.4. The van der Waals surface area contributed by atoms with Gasteiger partial charge in [-0.3, -0.25) is 58.8 Å². The summed E-state index contributed by atoms with van der Waals surface area (Å²) >= 11 is 0. The zero-order chi connectivity index (χ0) is 64.7. The van der Waals surface area contributed by atoms with Crippen molar-refractivity contribution in [3.63, 3.8) is 0 Å². The summed E-state index contributed by atoms with van der Waals surface area (Å²) < 4.78 is 14.5. The SMILES string of the molecule is CNC(=N)NCCC[C@H](NC(=O)[C@H](CC(C)C)NC(=O)NNC(=O)[C@H](Cc1cccc(F)c1)NC(=O)[C@@H](NC(=O)[C@H](CC(N)=O)NC(=O)C(C)(C)NC(=O)[C@@H](Cc1ccc(O)cc1)NC(C)=O)[C@@H](C)O)C(=O)N[C@@H](Cc1c[nH]c2ccccc12)C(N)=O. The van der Waals surface area contributed by atoms with Crippen LogP contribution in [0.15, 0.2) is 79.0 Å². The topological polar surface area (TPSA) is 464 Å². The van der Waals surface area contributed by atoms with Gasteiger partial charge in [-0.15, -0.1) is 0 Å². The average molecular weight is 1220 g/mol. The molecule has 1 heterocycles. The summed E-state index contributed by atoms with van der Waals surface area (Å²) in [5.41, 5.74) is 15.7. The van der Waals surface area contributed by atoms with Gasteiger partial charge in [0.15, 0.2) is 5.96 Å². The summed E-state index contributed by atoms with van der Waals surface area (Å²) in [5, 5.41) is 54.2. The van der Waals surface area contributed by atoms with Crippen LogP contribution in [0.1, 0.15) is 83.9 Å². The van der Waals surface area contributed by atoms with Crippen LogP contribution in [-0.4, -0.2) is 154 Å². The van der Waals surface area contributed by atoms with Gasteiger partial charge in [-0.05, 0) is 93.0 Å². The molecule has 0 aliphatic rings. The van der Waals surface area contributed by atoms with Crippen LogP contribution >= 0.6 is 0 Å². The molecule has 8 atom stereocenters. The van der Waals surface area contributed by atoms with Crippen molar-refractivity contribution in [2.75, 3.05) is 13.6 Å². The van der Waals surface area contributed by atoms with E-state index in [4.69, 9.17) is 16.9 Å². The number of nitrogens with one attached hydrogen (secondary N) is 14. The van der Waals surface area contributed by atoms with Gasteiger partial charge in [0.2, 0.25) is 53.2 Å². The first kappa shape index (κ1) is 69.6. The van der Waals surface area contributed by atoms with E-state index in [-0.39, 0.29) is 61.8 Å². The van der Waals surface area contributed by atoms with Gasteiger partial charge in [0.1, 0.15) is 59.4 Å². The smallest absolute Gasteiger partial charge is 0.334 e. The van der Waals surface area contributed by atoms with Gasteiger partial charge in [0.25, 0.3) is 5.91 Å². The number of aromatic nitrogens is 1. The standard InChI is InChI=1S/C57H79FN16O13/c1-29(2)22-41(49(81)66-39(16-11-21-63-55(61)62-7)48(80)67-40(47(60)79)26-34-28-64-38-15-9-8-14-37(34)38)70-56(87)74-73-52(84)43(25-33-12-10-13-35(58)23-33)68-53(85)46(30(3)75)71-50(82)44(27-45(59)78)69-54(86)57(5,6)72-51(83)42(65-31(4)76)24-32-17-19-36(77)20-18-32/h8-10,12-15,17-20,23,28-30,39-44,46,64,75,77H,11,16,21-22,24-27H2,1-7H3,(H2,59,78)(H2,60,79)(H,65,76)(H,66,81)(H,67,80)(H,68,85)(H,69,86)(H,71,82)(H,72,83)(H,73,84)(H3,61,62,63)(H2,70,74,87)/t30-,39+,40+,41+,42-,43+,44+,46+/m1/s1. The van der Waals surface area contributed by atoms with Gasteiger partial charge >= 0.3 is 6.03 Å². The second-order valence-corrected chi connectivity index (χ2v) is 21.6. The summed E-state index contributed by atoms with van der Waals surface area (Å²) in [4.78, 5) is 151. The highest BCUT2D eigenvalue weighted by atomic mass is 19.1. The lowest BCUT2D eigenvalue weighted by molar-refractivity contribution is -0.138. The molecule has 0 saturated heterocycles. The number of guanidine groups is 1. The molecule has 4 aromatic rings. The van der Waals surface area contributed by atoms with E-state index in [0.29, 0.717) is 11.1 Å². The minimum Gasteiger partial charge on any atom is -0.508 e. The number of carbonyl (C=O) groups is 11. The Labute approximate surface area is 500 Å². The first-order valence-electron chi connectivity index (χ1n) is 27.8. The third kappa shape index (κ3) is 22.9. The number of phenolic OH excluding ortho intramolecular Hbond substituents is 1. The van der Waals surface area contributed by atoms with Crippen molar-refractivity contribution in [1.82, 2.24) is 69.0 Å². The van der Waals surface area contributed by atoms with Crippen molar-refractivity contribution in [3.05, 3.63) is 102 Å². The van der Waals surface area contributed by atoms with Gasteiger partial charge in [-0.25, -0.2) is 14.6 Å². The van der Waals surface area contributed by atoms with Crippen molar-refractivity contribution in [3.8, 4) is 5.75 Å². The van der Waals surface area contributed by atoms with Crippen LogP contribution in [0.5, 0.6) is 5.75 Å². The lowest BCUT2D eigenvalue weighted by atomic mass is 9.99. The maximum absolute atomic E-state index is 14.5. The Bertz CT molecular complexity index is 3120. The summed E-state index contributed by atoms with van der Waals surface area (Å²) in [5.74, 6) is -10.7. The highest BCUT2D eigenvalue weighted by molar-refractivity contribution is 6.00. The van der Waals surface area contributed by atoms with Crippen LogP contribution in [0.4, 0.5) is 9.18 Å². The summed E-state index contributed by atoms with van der Waals surface area (Å²) in [6.45, 7) is 8.42. The maximum atomic E-state index is 14.5. The van der Waals surface area contributed by atoms with Crippen LogP contribution in [-0.2, 0) is 67.2 Å². The van der Waals surface area contributed by atoms with Gasteiger partial charge in [-0.2, -0.15) is 0 Å². The molecule has 472 valence electrons. The number of urea groups is 1. The Hall–Kier alpha value is -9.87. The number of aromatic hydroxyl groups is 1. The second kappa shape index (κ2) is 33.0. The number of aromatic amines is 1. The molecule has 0 spiro atoms. The van der Waals surface area contributed by atoms with E-state index in [0.717, 1.165) is 30.0 Å². The minimum atomic E-state index is -1.95. The number of amides is 12. The summed E-state index contributed by atoms with van der Waals surface area (Å²) in [7, 11) is 1.53. The molecule has 0 saturated carbocycles. The normalized spacial score (nSPS) is 13.9. The fourth-order valence-corrected chi connectivity index (χ4v) is 8.82. The number of rotatable bonds is 31. The highest BCUT2D eigenvalue weighted by Gasteiger charge is 2.38. The van der Waals surface area contributed by atoms with Gasteiger partial charge in [-0.1, -0.05) is 56.3 Å². The van der Waals surface area contributed by atoms with Crippen molar-refractivity contribution in [2.45, 2.75) is 140 Å².